The maximum absolute atomic E-state index is 13.0. The van der Waals surface area contributed by atoms with Crippen molar-refractivity contribution in [3.8, 4) is 16.9 Å². The number of aliphatic carboxylic acids is 1. The van der Waals surface area contributed by atoms with Gasteiger partial charge in [0.05, 0.1) is 12.1 Å². The van der Waals surface area contributed by atoms with E-state index in [1.807, 2.05) is 36.4 Å². The number of carbonyl (C=O) groups is 3. The van der Waals surface area contributed by atoms with Gasteiger partial charge in [0.2, 0.25) is 0 Å². The zero-order chi connectivity index (χ0) is 25.3. The Labute approximate surface area is 207 Å². The van der Waals surface area contributed by atoms with Crippen LogP contribution in [0.4, 0.5) is 0 Å². The van der Waals surface area contributed by atoms with Crippen LogP contribution in [0.15, 0.2) is 97.1 Å². The molecule has 0 atom stereocenters. The molecule has 0 unspecified atom stereocenters. The summed E-state index contributed by atoms with van der Waals surface area (Å²) in [6.45, 7) is -0.0918. The molecule has 4 aromatic rings. The molecule has 2 amide bonds. The number of amides is 2. The van der Waals surface area contributed by atoms with Gasteiger partial charge in [0.25, 0.3) is 11.8 Å². The molecule has 9 heteroatoms. The molecule has 9 nitrogen and oxygen atoms in total. The summed E-state index contributed by atoms with van der Waals surface area (Å²) in [4.78, 5) is 40.9. The molecule has 0 spiro atoms. The number of nitrogens with zero attached hydrogens (tertiary/aromatic N) is 3. The van der Waals surface area contributed by atoms with Crippen molar-refractivity contribution in [2.75, 3.05) is 6.54 Å². The van der Waals surface area contributed by atoms with Gasteiger partial charge in [-0.05, 0) is 42.5 Å². The number of aromatic nitrogens is 3. The first-order chi connectivity index (χ1) is 17.5. The van der Waals surface area contributed by atoms with Crippen molar-refractivity contribution in [1.29, 1.82) is 0 Å². The Morgan fingerprint density at radius 3 is 2.33 bits per heavy atom. The molecule has 3 N–H and O–H groups in total. The van der Waals surface area contributed by atoms with Crippen LogP contribution in [0.5, 0.6) is 0 Å². The summed E-state index contributed by atoms with van der Waals surface area (Å²) in [7, 11) is 0. The average Bonchev–Trinajstić information content (AvgIpc) is 3.33. The maximum Gasteiger partial charge on any atom is 0.305 e. The predicted molar refractivity (Wildman–Crippen MR) is 134 cm³/mol. The third kappa shape index (κ3) is 6.09. The second-order valence-corrected chi connectivity index (χ2v) is 7.73. The maximum atomic E-state index is 13.0. The minimum absolute atomic E-state index is 0.0491. The number of nitrogens with one attached hydrogen (secondary N) is 2. The molecule has 0 saturated heterocycles. The summed E-state index contributed by atoms with van der Waals surface area (Å²) in [5.41, 5.74) is 2.96. The first kappa shape index (κ1) is 24.1. The quantitative estimate of drug-likeness (QED) is 0.315. The normalized spacial score (nSPS) is 11.1. The van der Waals surface area contributed by atoms with Crippen LogP contribution in [0.3, 0.4) is 0 Å². The average molecular weight is 482 g/mol. The number of hydrogen-bond donors (Lipinski definition) is 3. The molecule has 4 rings (SSSR count). The summed E-state index contributed by atoms with van der Waals surface area (Å²) in [6, 6.07) is 21.6. The molecule has 0 aliphatic carbocycles. The van der Waals surface area contributed by atoms with Gasteiger partial charge in [-0.1, -0.05) is 36.4 Å². The molecule has 0 aliphatic rings. The standard InChI is InChI=1S/C27H23N5O4/c33-24(34)13-15-29-27(36)23(30-26(35)19-8-3-1-4-9-19)16-21-18-32(22-11-5-2-6-12-22)31-25(21)20-10-7-14-28-17-20/h1-12,14,16-18H,13,15H2,(H,29,36)(H,30,35)(H,33,34)/b23-16+. The lowest BCUT2D eigenvalue weighted by atomic mass is 10.1. The molecular weight excluding hydrogens is 458 g/mol. The smallest absolute Gasteiger partial charge is 0.305 e. The Balaban J connectivity index is 1.75. The molecule has 180 valence electrons. The number of carbonyl (C=O) groups excluding carboxylic acids is 2. The highest BCUT2D eigenvalue weighted by Gasteiger charge is 2.18. The van der Waals surface area contributed by atoms with E-state index in [0.29, 0.717) is 16.8 Å². The van der Waals surface area contributed by atoms with Gasteiger partial charge in [0, 0.05) is 41.8 Å². The van der Waals surface area contributed by atoms with Gasteiger partial charge in [-0.15, -0.1) is 0 Å². The monoisotopic (exact) mass is 481 g/mol. The van der Waals surface area contributed by atoms with Crippen LogP contribution in [0.2, 0.25) is 0 Å². The van der Waals surface area contributed by atoms with Crippen molar-refractivity contribution in [1.82, 2.24) is 25.4 Å². The van der Waals surface area contributed by atoms with Gasteiger partial charge in [0.1, 0.15) is 11.4 Å². The largest absolute Gasteiger partial charge is 0.481 e. The van der Waals surface area contributed by atoms with E-state index in [2.05, 4.69) is 15.6 Å². The summed E-state index contributed by atoms with van der Waals surface area (Å²) in [5, 5.41) is 18.8. The van der Waals surface area contributed by atoms with Gasteiger partial charge in [-0.3, -0.25) is 19.4 Å². The number of para-hydroxylation sites is 1. The zero-order valence-corrected chi connectivity index (χ0v) is 19.2. The van der Waals surface area contributed by atoms with Gasteiger partial charge in [-0.2, -0.15) is 5.10 Å². The van der Waals surface area contributed by atoms with Crippen LogP contribution in [0.1, 0.15) is 22.3 Å². The highest BCUT2D eigenvalue weighted by molar-refractivity contribution is 6.05. The molecule has 2 heterocycles. The SMILES string of the molecule is O=C(O)CCNC(=O)/C(=C\c1cn(-c2ccccc2)nc1-c1cccnc1)NC(=O)c1ccccc1. The Morgan fingerprint density at radius 1 is 0.944 bits per heavy atom. The molecule has 2 aromatic carbocycles. The number of carboxylic acids is 1. The van der Waals surface area contributed by atoms with Crippen LogP contribution in [-0.2, 0) is 9.59 Å². The fourth-order valence-corrected chi connectivity index (χ4v) is 3.41. The van der Waals surface area contributed by atoms with Crippen LogP contribution in [0, 0.1) is 0 Å². The fraction of sp³-hybridized carbons (Fsp3) is 0.0741. The molecule has 0 saturated carbocycles. The Hall–Kier alpha value is -5.05. The molecule has 36 heavy (non-hydrogen) atoms. The first-order valence-electron chi connectivity index (χ1n) is 11.1. The van der Waals surface area contributed by atoms with Gasteiger partial charge in [-0.25, -0.2) is 4.68 Å². The Morgan fingerprint density at radius 2 is 1.67 bits per heavy atom. The van der Waals surface area contributed by atoms with Gasteiger partial charge < -0.3 is 15.7 Å². The number of hydrogen-bond acceptors (Lipinski definition) is 5. The molecule has 0 bridgehead atoms. The van der Waals surface area contributed by atoms with Crippen molar-refractivity contribution in [2.45, 2.75) is 6.42 Å². The van der Waals surface area contributed by atoms with E-state index >= 15 is 0 Å². The van der Waals surface area contributed by atoms with E-state index in [9.17, 15) is 14.4 Å². The predicted octanol–water partition coefficient (Wildman–Crippen LogP) is 3.30. The zero-order valence-electron chi connectivity index (χ0n) is 19.2. The van der Waals surface area contributed by atoms with Gasteiger partial charge >= 0.3 is 5.97 Å². The number of rotatable bonds is 9. The number of benzene rings is 2. The lowest BCUT2D eigenvalue weighted by Crippen LogP contribution is -2.35. The molecule has 0 aliphatic heterocycles. The van der Waals surface area contributed by atoms with Crippen molar-refractivity contribution in [3.63, 3.8) is 0 Å². The van der Waals surface area contributed by atoms with Crippen molar-refractivity contribution in [2.24, 2.45) is 0 Å². The minimum atomic E-state index is -1.04. The minimum Gasteiger partial charge on any atom is -0.481 e. The topological polar surface area (TPSA) is 126 Å². The molecular formula is C27H23N5O4. The van der Waals surface area contributed by atoms with Gasteiger partial charge in [0.15, 0.2) is 0 Å². The number of pyridine rings is 1. The highest BCUT2D eigenvalue weighted by atomic mass is 16.4. The third-order valence-electron chi connectivity index (χ3n) is 5.15. The first-order valence-corrected chi connectivity index (χ1v) is 11.1. The highest BCUT2D eigenvalue weighted by Crippen LogP contribution is 2.25. The fourth-order valence-electron chi connectivity index (χ4n) is 3.41. The third-order valence-corrected chi connectivity index (χ3v) is 5.15. The lowest BCUT2D eigenvalue weighted by molar-refractivity contribution is -0.136. The molecule has 2 aromatic heterocycles. The van der Waals surface area contributed by atoms with Crippen molar-refractivity contribution in [3.05, 3.63) is 108 Å². The Bertz CT molecular complexity index is 1380. The molecule has 0 radical (unpaired) electrons. The van der Waals surface area contributed by atoms with Crippen LogP contribution >= 0.6 is 0 Å². The van der Waals surface area contributed by atoms with Crippen LogP contribution in [0.25, 0.3) is 23.0 Å². The summed E-state index contributed by atoms with van der Waals surface area (Å²) >= 11 is 0. The second kappa shape index (κ2) is 11.4. The van der Waals surface area contributed by atoms with E-state index in [4.69, 9.17) is 10.2 Å². The van der Waals surface area contributed by atoms with Crippen molar-refractivity contribution < 1.29 is 19.5 Å². The van der Waals surface area contributed by atoms with E-state index in [1.54, 1.807) is 59.7 Å². The Kier molecular flexibility index (Phi) is 7.62. The lowest BCUT2D eigenvalue weighted by Gasteiger charge is -2.11. The molecule has 0 fully saturated rings. The number of carboxylic acid groups (broad SMARTS) is 1. The van der Waals surface area contributed by atoms with Crippen LogP contribution in [-0.4, -0.2) is 44.2 Å². The summed E-state index contributed by atoms with van der Waals surface area (Å²) in [5.74, 6) is -2.14. The summed E-state index contributed by atoms with van der Waals surface area (Å²) < 4.78 is 1.67. The van der Waals surface area contributed by atoms with Crippen LogP contribution < -0.4 is 10.6 Å². The second-order valence-electron chi connectivity index (χ2n) is 7.73. The van der Waals surface area contributed by atoms with E-state index in [-0.39, 0.29) is 18.7 Å². The van der Waals surface area contributed by atoms with E-state index < -0.39 is 17.8 Å². The van der Waals surface area contributed by atoms with Crippen molar-refractivity contribution >= 4 is 23.9 Å². The summed E-state index contributed by atoms with van der Waals surface area (Å²) in [6.07, 6.45) is 6.32. The van der Waals surface area contributed by atoms with E-state index in [1.165, 1.54) is 6.08 Å². The van der Waals surface area contributed by atoms with E-state index in [0.717, 1.165) is 11.3 Å².